The van der Waals surface area contributed by atoms with Gasteiger partial charge in [-0.1, -0.05) is 15.9 Å². The van der Waals surface area contributed by atoms with Gasteiger partial charge < -0.3 is 4.74 Å². The Hall–Kier alpha value is -1.11. The third kappa shape index (κ3) is 3.68. The zero-order valence-corrected chi connectivity index (χ0v) is 12.5. The molecule has 3 nitrogen and oxygen atoms in total. The van der Waals surface area contributed by atoms with E-state index in [4.69, 9.17) is 15.4 Å². The van der Waals surface area contributed by atoms with Gasteiger partial charge in [-0.3, -0.25) is 0 Å². The molecule has 2 aromatic rings. The van der Waals surface area contributed by atoms with Crippen molar-refractivity contribution in [3.05, 3.63) is 52.8 Å². The van der Waals surface area contributed by atoms with Gasteiger partial charge in [-0.15, -0.1) is 0 Å². The molecular weight excluding hydrogens is 359 g/mol. The Balaban J connectivity index is 2.25. The molecule has 100 valence electrons. The first-order valence-electron chi connectivity index (χ1n) is 5.04. The molecule has 0 fully saturated rings. The first kappa shape index (κ1) is 14.3. The predicted octanol–water partition coefficient (Wildman–Crippen LogP) is 4.31. The van der Waals surface area contributed by atoms with Crippen LogP contribution in [0.15, 0.2) is 51.8 Å². The molecule has 7 heteroatoms. The van der Waals surface area contributed by atoms with Crippen LogP contribution in [0.1, 0.15) is 0 Å². The molecule has 0 unspecified atom stereocenters. The fourth-order valence-electron chi connectivity index (χ4n) is 1.36. The van der Waals surface area contributed by atoms with Crippen LogP contribution in [-0.2, 0) is 9.05 Å². The second-order valence-corrected chi connectivity index (χ2v) is 7.07. The smallest absolute Gasteiger partial charge is 0.261 e. The lowest BCUT2D eigenvalue weighted by Crippen LogP contribution is -1.91. The average molecular weight is 366 g/mol. The maximum Gasteiger partial charge on any atom is 0.261 e. The van der Waals surface area contributed by atoms with Gasteiger partial charge in [0.15, 0.2) is 11.6 Å². The van der Waals surface area contributed by atoms with Crippen molar-refractivity contribution in [2.24, 2.45) is 0 Å². The normalized spacial score (nSPS) is 11.3. The van der Waals surface area contributed by atoms with E-state index in [1.807, 2.05) is 0 Å². The number of hydrogen-bond donors (Lipinski definition) is 0. The highest BCUT2D eigenvalue weighted by molar-refractivity contribution is 9.10. The molecule has 0 spiro atoms. The highest BCUT2D eigenvalue weighted by Crippen LogP contribution is 2.27. The van der Waals surface area contributed by atoms with Gasteiger partial charge in [0.25, 0.3) is 9.05 Å². The molecule has 0 aliphatic heterocycles. The van der Waals surface area contributed by atoms with Crippen LogP contribution < -0.4 is 4.74 Å². The summed E-state index contributed by atoms with van der Waals surface area (Å²) >= 11 is 3.14. The fraction of sp³-hybridized carbons (Fsp3) is 0. The van der Waals surface area contributed by atoms with E-state index in [2.05, 4.69) is 15.9 Å². The van der Waals surface area contributed by atoms with Gasteiger partial charge in [0.2, 0.25) is 0 Å². The minimum atomic E-state index is -3.77. The van der Waals surface area contributed by atoms with Crippen molar-refractivity contribution >= 4 is 35.7 Å². The summed E-state index contributed by atoms with van der Waals surface area (Å²) in [5.74, 6) is -0.168. The second kappa shape index (κ2) is 5.48. The van der Waals surface area contributed by atoms with E-state index < -0.39 is 14.9 Å². The molecule has 0 saturated carbocycles. The standard InChI is InChI=1S/C12H7BrClFO3S/c13-8-1-6-12(11(15)7-8)18-9-2-4-10(5-3-9)19(14,16)17/h1-7H. The van der Waals surface area contributed by atoms with Crippen LogP contribution in [0.25, 0.3) is 0 Å². The summed E-state index contributed by atoms with van der Waals surface area (Å²) in [6, 6.07) is 9.74. The van der Waals surface area contributed by atoms with Gasteiger partial charge in [-0.05, 0) is 42.5 Å². The Morgan fingerprint density at radius 2 is 1.74 bits per heavy atom. The Kier molecular flexibility index (Phi) is 4.13. The average Bonchev–Trinajstić information content (AvgIpc) is 2.32. The van der Waals surface area contributed by atoms with Crippen LogP contribution >= 0.6 is 26.6 Å². The van der Waals surface area contributed by atoms with Gasteiger partial charge in [0.05, 0.1) is 4.90 Å². The number of benzene rings is 2. The molecule has 0 atom stereocenters. The largest absolute Gasteiger partial charge is 0.454 e. The van der Waals surface area contributed by atoms with E-state index in [1.54, 1.807) is 6.07 Å². The van der Waals surface area contributed by atoms with Crippen LogP contribution in [0.2, 0.25) is 0 Å². The van der Waals surface area contributed by atoms with Crippen molar-refractivity contribution < 1.29 is 17.5 Å². The Bertz CT molecular complexity index is 701. The molecule has 0 aliphatic rings. The molecule has 0 saturated heterocycles. The highest BCUT2D eigenvalue weighted by atomic mass is 79.9. The SMILES string of the molecule is O=S(=O)(Cl)c1ccc(Oc2ccc(Br)cc2F)cc1. The lowest BCUT2D eigenvalue weighted by molar-refractivity contribution is 0.441. The summed E-state index contributed by atoms with van der Waals surface area (Å²) in [6.45, 7) is 0. The molecule has 2 aromatic carbocycles. The predicted molar refractivity (Wildman–Crippen MR) is 73.7 cm³/mol. The van der Waals surface area contributed by atoms with Gasteiger partial charge in [0.1, 0.15) is 5.75 Å². The van der Waals surface area contributed by atoms with Crippen molar-refractivity contribution in [2.45, 2.75) is 4.90 Å². The van der Waals surface area contributed by atoms with Gasteiger partial charge >= 0.3 is 0 Å². The minimum Gasteiger partial charge on any atom is -0.454 e. The fourth-order valence-corrected chi connectivity index (χ4v) is 2.46. The van der Waals surface area contributed by atoms with E-state index in [0.717, 1.165) is 0 Å². The Morgan fingerprint density at radius 1 is 1.11 bits per heavy atom. The molecule has 0 amide bonds. The molecule has 0 N–H and O–H groups in total. The van der Waals surface area contributed by atoms with E-state index in [0.29, 0.717) is 10.2 Å². The van der Waals surface area contributed by atoms with Gasteiger partial charge in [0, 0.05) is 15.2 Å². The summed E-state index contributed by atoms with van der Waals surface area (Å²) in [5, 5.41) is 0. The lowest BCUT2D eigenvalue weighted by Gasteiger charge is -2.07. The van der Waals surface area contributed by atoms with Crippen molar-refractivity contribution in [1.29, 1.82) is 0 Å². The number of rotatable bonds is 3. The molecule has 0 bridgehead atoms. The van der Waals surface area contributed by atoms with Crippen molar-refractivity contribution in [1.82, 2.24) is 0 Å². The number of hydrogen-bond acceptors (Lipinski definition) is 3. The van der Waals surface area contributed by atoms with E-state index in [9.17, 15) is 12.8 Å². The van der Waals surface area contributed by atoms with Gasteiger partial charge in [-0.2, -0.15) is 0 Å². The van der Waals surface area contributed by atoms with E-state index >= 15 is 0 Å². The summed E-state index contributed by atoms with van der Waals surface area (Å²) in [4.78, 5) is -0.0437. The monoisotopic (exact) mass is 364 g/mol. The maximum atomic E-state index is 13.5. The quantitative estimate of drug-likeness (QED) is 0.761. The lowest BCUT2D eigenvalue weighted by atomic mass is 10.3. The summed E-state index contributed by atoms with van der Waals surface area (Å²) in [7, 11) is 1.41. The third-order valence-electron chi connectivity index (χ3n) is 2.23. The number of ether oxygens (including phenoxy) is 1. The third-order valence-corrected chi connectivity index (χ3v) is 4.09. The molecular formula is C12H7BrClFO3S. The van der Waals surface area contributed by atoms with Crippen LogP contribution in [-0.4, -0.2) is 8.42 Å². The molecule has 0 radical (unpaired) electrons. The molecule has 0 aliphatic carbocycles. The number of halogens is 3. The molecule has 0 heterocycles. The molecule has 2 rings (SSSR count). The van der Waals surface area contributed by atoms with Crippen molar-refractivity contribution in [3.8, 4) is 11.5 Å². The van der Waals surface area contributed by atoms with Gasteiger partial charge in [-0.25, -0.2) is 12.8 Å². The zero-order valence-electron chi connectivity index (χ0n) is 9.31. The van der Waals surface area contributed by atoms with E-state index in [1.165, 1.54) is 36.4 Å². The molecule has 19 heavy (non-hydrogen) atoms. The van der Waals surface area contributed by atoms with Crippen LogP contribution in [0.5, 0.6) is 11.5 Å². The van der Waals surface area contributed by atoms with Crippen molar-refractivity contribution in [2.75, 3.05) is 0 Å². The Labute approximate surface area is 122 Å². The van der Waals surface area contributed by atoms with E-state index in [-0.39, 0.29) is 10.6 Å². The van der Waals surface area contributed by atoms with Crippen molar-refractivity contribution in [3.63, 3.8) is 0 Å². The molecule has 0 aromatic heterocycles. The highest BCUT2D eigenvalue weighted by Gasteiger charge is 2.10. The summed E-state index contributed by atoms with van der Waals surface area (Å²) in [5.41, 5.74) is 0. The van der Waals surface area contributed by atoms with Crippen LogP contribution in [0.3, 0.4) is 0 Å². The van der Waals surface area contributed by atoms with Crippen LogP contribution in [0.4, 0.5) is 4.39 Å². The minimum absolute atomic E-state index is 0.0437. The first-order chi connectivity index (χ1) is 8.86. The maximum absolute atomic E-state index is 13.5. The first-order valence-corrected chi connectivity index (χ1v) is 8.14. The topological polar surface area (TPSA) is 43.4 Å². The summed E-state index contributed by atoms with van der Waals surface area (Å²) < 4.78 is 41.5. The Morgan fingerprint density at radius 3 is 2.26 bits per heavy atom. The zero-order chi connectivity index (χ0) is 14.0. The summed E-state index contributed by atoms with van der Waals surface area (Å²) in [6.07, 6.45) is 0. The van der Waals surface area contributed by atoms with Crippen LogP contribution in [0, 0.1) is 5.82 Å². The second-order valence-electron chi connectivity index (χ2n) is 3.59.